The normalized spacial score (nSPS) is 17.5. The second kappa shape index (κ2) is 6.99. The van der Waals surface area contributed by atoms with Crippen LogP contribution in [0.3, 0.4) is 0 Å². The third-order valence-electron chi connectivity index (χ3n) is 4.73. The lowest BCUT2D eigenvalue weighted by molar-refractivity contribution is 0.0273. The standard InChI is InChI=1S/C19H19FN6OS/c1-13-8-21-25(9-13)11-16-10-24(6-7-27-16)19-23-26-12-17(22-18(26)28-19)14-2-4-15(20)5-3-14/h2-5,8-9,12,16H,6-7,10-11H2,1H3. The summed E-state index contributed by atoms with van der Waals surface area (Å²) in [6.07, 6.45) is 5.83. The van der Waals surface area contributed by atoms with Crippen molar-refractivity contribution < 1.29 is 9.13 Å². The molecule has 0 radical (unpaired) electrons. The molecule has 4 heterocycles. The van der Waals surface area contributed by atoms with E-state index in [0.29, 0.717) is 6.61 Å². The van der Waals surface area contributed by atoms with Gasteiger partial charge in [0.05, 0.1) is 37.3 Å². The van der Waals surface area contributed by atoms with Crippen molar-refractivity contribution in [3.05, 3.63) is 54.2 Å². The summed E-state index contributed by atoms with van der Waals surface area (Å²) in [5.41, 5.74) is 2.81. The van der Waals surface area contributed by atoms with Crippen molar-refractivity contribution in [2.75, 3.05) is 24.6 Å². The molecule has 0 saturated carbocycles. The molecule has 3 aromatic heterocycles. The van der Waals surface area contributed by atoms with E-state index in [-0.39, 0.29) is 11.9 Å². The maximum absolute atomic E-state index is 13.1. The van der Waals surface area contributed by atoms with E-state index in [1.165, 1.54) is 12.1 Å². The number of morpholine rings is 1. The van der Waals surface area contributed by atoms with Crippen LogP contribution < -0.4 is 4.90 Å². The molecule has 1 fully saturated rings. The number of rotatable bonds is 4. The van der Waals surface area contributed by atoms with Crippen LogP contribution in [-0.2, 0) is 11.3 Å². The summed E-state index contributed by atoms with van der Waals surface area (Å²) in [7, 11) is 0. The Morgan fingerprint density at radius 3 is 2.86 bits per heavy atom. The number of hydrogen-bond donors (Lipinski definition) is 0. The highest BCUT2D eigenvalue weighted by atomic mass is 32.1. The van der Waals surface area contributed by atoms with Gasteiger partial charge in [-0.15, -0.1) is 5.10 Å². The van der Waals surface area contributed by atoms with Crippen LogP contribution in [0.1, 0.15) is 5.56 Å². The van der Waals surface area contributed by atoms with Crippen molar-refractivity contribution in [2.24, 2.45) is 0 Å². The fourth-order valence-electron chi connectivity index (χ4n) is 3.36. The highest BCUT2D eigenvalue weighted by Gasteiger charge is 2.24. The van der Waals surface area contributed by atoms with E-state index in [4.69, 9.17) is 9.84 Å². The van der Waals surface area contributed by atoms with Crippen LogP contribution >= 0.6 is 11.3 Å². The second-order valence-electron chi connectivity index (χ2n) is 6.92. The van der Waals surface area contributed by atoms with Gasteiger partial charge in [-0.2, -0.15) is 5.10 Å². The Hall–Kier alpha value is -2.78. The van der Waals surface area contributed by atoms with E-state index in [9.17, 15) is 4.39 Å². The lowest BCUT2D eigenvalue weighted by Crippen LogP contribution is -2.44. The number of fused-ring (bicyclic) bond motifs is 1. The number of benzene rings is 1. The molecule has 5 rings (SSSR count). The number of anilines is 1. The van der Waals surface area contributed by atoms with E-state index in [1.54, 1.807) is 28.0 Å². The summed E-state index contributed by atoms with van der Waals surface area (Å²) < 4.78 is 22.7. The van der Waals surface area contributed by atoms with E-state index in [0.717, 1.165) is 46.5 Å². The number of hydrogen-bond acceptors (Lipinski definition) is 6. The van der Waals surface area contributed by atoms with Crippen LogP contribution in [0, 0.1) is 12.7 Å². The van der Waals surface area contributed by atoms with Gasteiger partial charge in [-0.05, 0) is 36.8 Å². The molecule has 1 aliphatic heterocycles. The number of halogens is 1. The highest BCUT2D eigenvalue weighted by molar-refractivity contribution is 7.20. The zero-order valence-corrected chi connectivity index (χ0v) is 16.1. The zero-order chi connectivity index (χ0) is 19.1. The van der Waals surface area contributed by atoms with Gasteiger partial charge in [0.1, 0.15) is 5.82 Å². The first-order valence-electron chi connectivity index (χ1n) is 9.12. The third kappa shape index (κ3) is 3.38. The van der Waals surface area contributed by atoms with E-state index < -0.39 is 0 Å². The summed E-state index contributed by atoms with van der Waals surface area (Å²) in [6.45, 7) is 4.98. The summed E-state index contributed by atoms with van der Waals surface area (Å²) in [4.78, 5) is 7.70. The van der Waals surface area contributed by atoms with Crippen molar-refractivity contribution in [1.82, 2.24) is 24.4 Å². The fraction of sp³-hybridized carbons (Fsp3) is 0.316. The first-order chi connectivity index (χ1) is 13.6. The van der Waals surface area contributed by atoms with Gasteiger partial charge >= 0.3 is 0 Å². The lowest BCUT2D eigenvalue weighted by Gasteiger charge is -2.32. The maximum Gasteiger partial charge on any atom is 0.214 e. The fourth-order valence-corrected chi connectivity index (χ4v) is 4.27. The molecule has 0 amide bonds. The van der Waals surface area contributed by atoms with Gasteiger partial charge in [0.15, 0.2) is 0 Å². The summed E-state index contributed by atoms with van der Waals surface area (Å²) in [5, 5.41) is 9.97. The Kier molecular flexibility index (Phi) is 4.33. The van der Waals surface area contributed by atoms with Crippen molar-refractivity contribution in [3.8, 4) is 11.3 Å². The number of imidazole rings is 1. The number of aryl methyl sites for hydroxylation is 1. The van der Waals surface area contributed by atoms with Crippen molar-refractivity contribution in [3.63, 3.8) is 0 Å². The molecule has 1 aliphatic rings. The third-order valence-corrected chi connectivity index (χ3v) is 5.72. The second-order valence-corrected chi connectivity index (χ2v) is 7.86. The molecule has 1 atom stereocenters. The van der Waals surface area contributed by atoms with E-state index in [1.807, 2.05) is 30.2 Å². The Labute approximate surface area is 165 Å². The van der Waals surface area contributed by atoms with Gasteiger partial charge in [-0.1, -0.05) is 11.3 Å². The average Bonchev–Trinajstić information content (AvgIpc) is 3.37. The van der Waals surface area contributed by atoms with Crippen LogP contribution in [0.15, 0.2) is 42.9 Å². The Morgan fingerprint density at radius 1 is 1.25 bits per heavy atom. The molecule has 1 aromatic carbocycles. The first-order valence-corrected chi connectivity index (χ1v) is 9.93. The van der Waals surface area contributed by atoms with Crippen LogP contribution in [-0.4, -0.2) is 50.2 Å². The van der Waals surface area contributed by atoms with Gasteiger partial charge in [-0.25, -0.2) is 13.9 Å². The van der Waals surface area contributed by atoms with Gasteiger partial charge in [0.25, 0.3) is 0 Å². The minimum Gasteiger partial charge on any atom is -0.373 e. The van der Waals surface area contributed by atoms with E-state index >= 15 is 0 Å². The largest absolute Gasteiger partial charge is 0.373 e. The quantitative estimate of drug-likeness (QED) is 0.529. The van der Waals surface area contributed by atoms with Crippen molar-refractivity contribution in [1.29, 1.82) is 0 Å². The predicted molar refractivity (Wildman–Crippen MR) is 105 cm³/mol. The Morgan fingerprint density at radius 2 is 2.11 bits per heavy atom. The molecule has 28 heavy (non-hydrogen) atoms. The molecular weight excluding hydrogens is 379 g/mol. The zero-order valence-electron chi connectivity index (χ0n) is 15.3. The minimum absolute atomic E-state index is 0.0686. The van der Waals surface area contributed by atoms with Gasteiger partial charge < -0.3 is 9.64 Å². The monoisotopic (exact) mass is 398 g/mol. The van der Waals surface area contributed by atoms with Crippen molar-refractivity contribution >= 4 is 21.4 Å². The molecule has 1 saturated heterocycles. The SMILES string of the molecule is Cc1cnn(CC2CN(c3nn4cc(-c5ccc(F)cc5)nc4s3)CCO2)c1. The molecule has 0 aliphatic carbocycles. The average molecular weight is 398 g/mol. The molecule has 7 nitrogen and oxygen atoms in total. The summed E-state index contributed by atoms with van der Waals surface area (Å²) in [6, 6.07) is 6.34. The topological polar surface area (TPSA) is 60.5 Å². The van der Waals surface area contributed by atoms with Crippen LogP contribution in [0.2, 0.25) is 0 Å². The van der Waals surface area contributed by atoms with Gasteiger partial charge in [-0.3, -0.25) is 4.68 Å². The number of aromatic nitrogens is 5. The van der Waals surface area contributed by atoms with Gasteiger partial charge in [0.2, 0.25) is 10.1 Å². The lowest BCUT2D eigenvalue weighted by atomic mass is 10.2. The van der Waals surface area contributed by atoms with Gasteiger partial charge in [0, 0.05) is 24.8 Å². The molecule has 0 N–H and O–H groups in total. The Balaban J connectivity index is 1.32. The molecular formula is C19H19FN6OS. The smallest absolute Gasteiger partial charge is 0.214 e. The molecule has 0 bridgehead atoms. The molecule has 4 aromatic rings. The predicted octanol–water partition coefficient (Wildman–Crippen LogP) is 3.01. The molecule has 144 valence electrons. The Bertz CT molecular complexity index is 1070. The maximum atomic E-state index is 13.1. The van der Waals surface area contributed by atoms with E-state index in [2.05, 4.69) is 15.0 Å². The molecule has 1 unspecified atom stereocenters. The molecule has 0 spiro atoms. The first kappa shape index (κ1) is 17.3. The van der Waals surface area contributed by atoms with Crippen LogP contribution in [0.25, 0.3) is 16.2 Å². The van der Waals surface area contributed by atoms with Crippen molar-refractivity contribution in [2.45, 2.75) is 19.6 Å². The summed E-state index contributed by atoms with van der Waals surface area (Å²) in [5.74, 6) is -0.252. The summed E-state index contributed by atoms with van der Waals surface area (Å²) >= 11 is 1.55. The minimum atomic E-state index is -0.252. The van der Waals surface area contributed by atoms with Crippen LogP contribution in [0.5, 0.6) is 0 Å². The number of ether oxygens (including phenoxy) is 1. The highest BCUT2D eigenvalue weighted by Crippen LogP contribution is 2.28. The number of nitrogens with zero attached hydrogens (tertiary/aromatic N) is 6. The van der Waals surface area contributed by atoms with Crippen LogP contribution in [0.4, 0.5) is 9.52 Å². The molecule has 9 heteroatoms.